The fraction of sp³-hybridized carbons (Fsp3) is 0.375. The number of thiazole rings is 1. The highest BCUT2D eigenvalue weighted by Gasteiger charge is 2.26. The van der Waals surface area contributed by atoms with Gasteiger partial charge in [-0.25, -0.2) is 4.98 Å². The maximum atomic E-state index is 12.4. The zero-order valence-corrected chi connectivity index (χ0v) is 13.3. The van der Waals surface area contributed by atoms with Crippen LogP contribution < -0.4 is 15.2 Å². The summed E-state index contributed by atoms with van der Waals surface area (Å²) < 4.78 is 11.1. The van der Waals surface area contributed by atoms with Crippen molar-refractivity contribution in [3.05, 3.63) is 29.3 Å². The van der Waals surface area contributed by atoms with Gasteiger partial charge in [-0.05, 0) is 24.6 Å². The first-order valence-electron chi connectivity index (χ1n) is 7.61. The molecule has 0 aliphatic carbocycles. The molecule has 0 spiro atoms. The number of nitrogens with two attached hydrogens (primary N) is 1. The second-order valence-electron chi connectivity index (χ2n) is 5.70. The minimum atomic E-state index is -0.0435. The minimum absolute atomic E-state index is 0.0435. The smallest absolute Gasteiger partial charge is 0.273 e. The number of rotatable bonds is 2. The number of carbonyl (C=O) groups excluding carboxylic acids is 1. The van der Waals surface area contributed by atoms with E-state index in [1.165, 1.54) is 11.3 Å². The molecule has 0 unspecified atom stereocenters. The molecule has 1 aromatic heterocycles. The molecule has 1 amide bonds. The quantitative estimate of drug-likeness (QED) is 0.907. The SMILES string of the molecule is N[C@@H]1CCN(C(=O)c2csc(-c3ccc4c(c3)OCCO4)n2)C1. The number of ether oxygens (including phenoxy) is 2. The lowest BCUT2D eigenvalue weighted by Crippen LogP contribution is -2.32. The zero-order valence-electron chi connectivity index (χ0n) is 12.5. The number of amides is 1. The lowest BCUT2D eigenvalue weighted by Gasteiger charge is -2.18. The number of fused-ring (bicyclic) bond motifs is 1. The number of nitrogens with zero attached hydrogens (tertiary/aromatic N) is 2. The Kier molecular flexibility index (Phi) is 3.66. The largest absolute Gasteiger partial charge is 0.486 e. The molecule has 1 atom stereocenters. The number of likely N-dealkylation sites (tertiary alicyclic amines) is 1. The Morgan fingerprint density at radius 3 is 2.91 bits per heavy atom. The molecule has 1 aromatic carbocycles. The number of carbonyl (C=O) groups is 1. The molecule has 0 bridgehead atoms. The Bertz CT molecular complexity index is 746. The molecule has 0 radical (unpaired) electrons. The van der Waals surface area contributed by atoms with Crippen LogP contribution in [-0.4, -0.2) is 48.1 Å². The number of hydrogen-bond acceptors (Lipinski definition) is 6. The van der Waals surface area contributed by atoms with Crippen LogP contribution >= 0.6 is 11.3 Å². The predicted molar refractivity (Wildman–Crippen MR) is 87.0 cm³/mol. The summed E-state index contributed by atoms with van der Waals surface area (Å²) in [6.45, 7) is 2.43. The Morgan fingerprint density at radius 1 is 1.30 bits per heavy atom. The van der Waals surface area contributed by atoms with Gasteiger partial charge in [0.2, 0.25) is 0 Å². The van der Waals surface area contributed by atoms with Gasteiger partial charge < -0.3 is 20.1 Å². The molecule has 1 fully saturated rings. The highest BCUT2D eigenvalue weighted by Crippen LogP contribution is 2.35. The van der Waals surface area contributed by atoms with Gasteiger partial charge in [0, 0.05) is 30.1 Å². The maximum Gasteiger partial charge on any atom is 0.273 e. The van der Waals surface area contributed by atoms with Crippen LogP contribution in [0.25, 0.3) is 10.6 Å². The van der Waals surface area contributed by atoms with E-state index < -0.39 is 0 Å². The molecule has 3 heterocycles. The van der Waals surface area contributed by atoms with Gasteiger partial charge in [0.05, 0.1) is 0 Å². The molecule has 0 saturated carbocycles. The monoisotopic (exact) mass is 331 g/mol. The summed E-state index contributed by atoms with van der Waals surface area (Å²) in [5.74, 6) is 1.43. The van der Waals surface area contributed by atoms with Crippen molar-refractivity contribution >= 4 is 17.2 Å². The Balaban J connectivity index is 1.57. The van der Waals surface area contributed by atoms with Crippen molar-refractivity contribution in [3.63, 3.8) is 0 Å². The Morgan fingerprint density at radius 2 is 2.13 bits per heavy atom. The third-order valence-electron chi connectivity index (χ3n) is 4.02. The van der Waals surface area contributed by atoms with Gasteiger partial charge in [-0.1, -0.05) is 0 Å². The van der Waals surface area contributed by atoms with Crippen LogP contribution in [-0.2, 0) is 0 Å². The van der Waals surface area contributed by atoms with Crippen molar-refractivity contribution in [1.29, 1.82) is 0 Å². The number of aromatic nitrogens is 1. The predicted octanol–water partition coefficient (Wildman–Crippen LogP) is 1.75. The fourth-order valence-corrected chi connectivity index (χ4v) is 3.61. The first-order valence-corrected chi connectivity index (χ1v) is 8.49. The third-order valence-corrected chi connectivity index (χ3v) is 4.92. The van der Waals surface area contributed by atoms with Crippen LogP contribution in [0.4, 0.5) is 0 Å². The molecular weight excluding hydrogens is 314 g/mol. The maximum absolute atomic E-state index is 12.4. The first-order chi connectivity index (χ1) is 11.2. The van der Waals surface area contributed by atoms with E-state index in [9.17, 15) is 4.79 Å². The van der Waals surface area contributed by atoms with Crippen molar-refractivity contribution in [2.45, 2.75) is 12.5 Å². The summed E-state index contributed by atoms with van der Waals surface area (Å²) in [6.07, 6.45) is 0.852. The van der Waals surface area contributed by atoms with Crippen molar-refractivity contribution in [1.82, 2.24) is 9.88 Å². The van der Waals surface area contributed by atoms with E-state index in [-0.39, 0.29) is 11.9 Å². The molecule has 2 aliphatic heterocycles. The van der Waals surface area contributed by atoms with E-state index in [0.717, 1.165) is 28.5 Å². The van der Waals surface area contributed by atoms with Crippen LogP contribution in [0.3, 0.4) is 0 Å². The summed E-state index contributed by atoms with van der Waals surface area (Å²) in [5.41, 5.74) is 7.27. The summed E-state index contributed by atoms with van der Waals surface area (Å²) in [7, 11) is 0. The van der Waals surface area contributed by atoms with Gasteiger partial charge in [0.15, 0.2) is 11.5 Å². The summed E-state index contributed by atoms with van der Waals surface area (Å²) in [6, 6.07) is 5.81. The van der Waals surface area contributed by atoms with E-state index in [1.54, 1.807) is 10.3 Å². The highest BCUT2D eigenvalue weighted by atomic mass is 32.1. The zero-order chi connectivity index (χ0) is 15.8. The van der Waals surface area contributed by atoms with Crippen molar-refractivity contribution in [2.75, 3.05) is 26.3 Å². The average molecular weight is 331 g/mol. The summed E-state index contributed by atoms with van der Waals surface area (Å²) in [4.78, 5) is 18.7. The minimum Gasteiger partial charge on any atom is -0.486 e. The van der Waals surface area contributed by atoms with E-state index in [0.29, 0.717) is 32.0 Å². The number of hydrogen-bond donors (Lipinski definition) is 1. The molecule has 2 aliphatic rings. The summed E-state index contributed by atoms with van der Waals surface area (Å²) in [5, 5.41) is 2.60. The average Bonchev–Trinajstić information content (AvgIpc) is 3.23. The molecule has 2 aromatic rings. The topological polar surface area (TPSA) is 77.7 Å². The third kappa shape index (κ3) is 2.77. The van der Waals surface area contributed by atoms with E-state index in [1.807, 2.05) is 18.2 Å². The Hall–Kier alpha value is -2.12. The fourth-order valence-electron chi connectivity index (χ4n) is 2.81. The first kappa shape index (κ1) is 14.5. The molecule has 120 valence electrons. The van der Waals surface area contributed by atoms with Crippen LogP contribution in [0.1, 0.15) is 16.9 Å². The molecule has 1 saturated heterocycles. The lowest BCUT2D eigenvalue weighted by molar-refractivity contribution is 0.0786. The molecule has 2 N–H and O–H groups in total. The van der Waals surface area contributed by atoms with Gasteiger partial charge in [-0.2, -0.15) is 0 Å². The van der Waals surface area contributed by atoms with Crippen molar-refractivity contribution in [3.8, 4) is 22.1 Å². The Labute approximate surface area is 137 Å². The van der Waals surface area contributed by atoms with Crippen LogP contribution in [0, 0.1) is 0 Å². The molecule has 4 rings (SSSR count). The second-order valence-corrected chi connectivity index (χ2v) is 6.55. The van der Waals surface area contributed by atoms with Gasteiger partial charge in [0.25, 0.3) is 5.91 Å². The van der Waals surface area contributed by atoms with Crippen molar-refractivity contribution < 1.29 is 14.3 Å². The van der Waals surface area contributed by atoms with Gasteiger partial charge in [-0.3, -0.25) is 4.79 Å². The van der Waals surface area contributed by atoms with Gasteiger partial charge >= 0.3 is 0 Å². The molecular formula is C16H17N3O3S. The molecule has 23 heavy (non-hydrogen) atoms. The number of benzene rings is 1. The van der Waals surface area contributed by atoms with Gasteiger partial charge in [-0.15, -0.1) is 11.3 Å². The highest BCUT2D eigenvalue weighted by molar-refractivity contribution is 7.13. The van der Waals surface area contributed by atoms with E-state index >= 15 is 0 Å². The molecule has 6 nitrogen and oxygen atoms in total. The van der Waals surface area contributed by atoms with Crippen LogP contribution in [0.15, 0.2) is 23.6 Å². The van der Waals surface area contributed by atoms with E-state index in [2.05, 4.69) is 4.98 Å². The van der Waals surface area contributed by atoms with E-state index in [4.69, 9.17) is 15.2 Å². The standard InChI is InChI=1S/C16H17N3O3S/c17-11-3-4-19(8-11)16(20)12-9-23-15(18-12)10-1-2-13-14(7-10)22-6-5-21-13/h1-2,7,9,11H,3-6,8,17H2/t11-/m1/s1. The molecule has 7 heteroatoms. The lowest BCUT2D eigenvalue weighted by atomic mass is 10.2. The van der Waals surface area contributed by atoms with Crippen LogP contribution in [0.5, 0.6) is 11.5 Å². The van der Waals surface area contributed by atoms with Gasteiger partial charge in [0.1, 0.15) is 23.9 Å². The normalized spacial score (nSPS) is 19.9. The van der Waals surface area contributed by atoms with Crippen molar-refractivity contribution in [2.24, 2.45) is 5.73 Å². The summed E-state index contributed by atoms with van der Waals surface area (Å²) >= 11 is 1.45. The second kappa shape index (κ2) is 5.82. The van der Waals surface area contributed by atoms with Crippen LogP contribution in [0.2, 0.25) is 0 Å².